The van der Waals surface area contributed by atoms with Crippen molar-refractivity contribution in [1.82, 2.24) is 19.7 Å². The number of benzene rings is 2. The first-order valence-corrected chi connectivity index (χ1v) is 10.1. The number of carbonyl (C=O) groups is 1. The fourth-order valence-corrected chi connectivity index (χ4v) is 3.48. The van der Waals surface area contributed by atoms with Crippen molar-refractivity contribution in [3.8, 4) is 16.9 Å². The Bertz CT molecular complexity index is 1250. The van der Waals surface area contributed by atoms with E-state index in [0.717, 1.165) is 5.56 Å². The zero-order valence-corrected chi connectivity index (χ0v) is 16.6. The van der Waals surface area contributed by atoms with Crippen molar-refractivity contribution >= 4 is 23.4 Å². The molecule has 2 heterocycles. The summed E-state index contributed by atoms with van der Waals surface area (Å²) in [5.74, 6) is -0.720. The van der Waals surface area contributed by atoms with Gasteiger partial charge in [-0.25, -0.2) is 14.5 Å². The van der Waals surface area contributed by atoms with Crippen LogP contribution in [0.4, 0.5) is 10.1 Å². The van der Waals surface area contributed by atoms with Crippen LogP contribution in [0.1, 0.15) is 10.5 Å². The summed E-state index contributed by atoms with van der Waals surface area (Å²) < 4.78 is 15.0. The van der Waals surface area contributed by atoms with Crippen LogP contribution in [0.2, 0.25) is 0 Å². The summed E-state index contributed by atoms with van der Waals surface area (Å²) in [6.07, 6.45) is 3.34. The van der Waals surface area contributed by atoms with Gasteiger partial charge in [-0.2, -0.15) is 5.10 Å². The summed E-state index contributed by atoms with van der Waals surface area (Å²) in [6.45, 7) is 0. The molecule has 0 aliphatic carbocycles. The number of anilines is 1. The number of imidazole rings is 1. The predicted octanol–water partition coefficient (Wildman–Crippen LogP) is 3.74. The number of nitrogens with one attached hydrogen (secondary N) is 2. The summed E-state index contributed by atoms with van der Waals surface area (Å²) in [6, 6.07) is 16.0. The van der Waals surface area contributed by atoms with Gasteiger partial charge in [0, 0.05) is 23.0 Å². The van der Waals surface area contributed by atoms with Crippen molar-refractivity contribution in [2.45, 2.75) is 5.16 Å². The molecule has 2 N–H and O–H groups in total. The third-order valence-electron chi connectivity index (χ3n) is 4.32. The van der Waals surface area contributed by atoms with Gasteiger partial charge in [0.25, 0.3) is 11.5 Å². The summed E-state index contributed by atoms with van der Waals surface area (Å²) in [5, 5.41) is 9.86. The first-order valence-electron chi connectivity index (χ1n) is 8.90. The zero-order chi connectivity index (χ0) is 21.1. The van der Waals surface area contributed by atoms with E-state index in [2.05, 4.69) is 20.5 Å². The summed E-state index contributed by atoms with van der Waals surface area (Å²) in [5.41, 5.74) is 2.53. The first-order chi connectivity index (χ1) is 14.5. The number of nitrogens with zero attached hydrogens (tertiary/aromatic N) is 3. The second-order valence-electron chi connectivity index (χ2n) is 6.28. The molecule has 2 aromatic carbocycles. The maximum Gasteiger partial charge on any atom is 0.274 e. The second kappa shape index (κ2) is 8.34. The Kier molecular flexibility index (Phi) is 5.44. The highest BCUT2D eigenvalue weighted by molar-refractivity contribution is 7.98. The van der Waals surface area contributed by atoms with Crippen molar-refractivity contribution in [3.63, 3.8) is 0 Å². The fraction of sp³-hybridized carbons (Fsp3) is 0.0476. The van der Waals surface area contributed by atoms with Crippen LogP contribution in [-0.2, 0) is 0 Å². The van der Waals surface area contributed by atoms with E-state index in [1.807, 2.05) is 12.3 Å². The maximum absolute atomic E-state index is 13.3. The van der Waals surface area contributed by atoms with Gasteiger partial charge in [0.15, 0.2) is 5.16 Å². The quantitative estimate of drug-likeness (QED) is 0.479. The Balaban J connectivity index is 1.64. The Morgan fingerprint density at radius 2 is 1.93 bits per heavy atom. The van der Waals surface area contributed by atoms with Gasteiger partial charge in [0.05, 0.1) is 11.9 Å². The van der Waals surface area contributed by atoms with Gasteiger partial charge >= 0.3 is 0 Å². The Hall–Kier alpha value is -3.72. The molecule has 0 unspecified atom stereocenters. The SMILES string of the molecule is CSc1ncc(C(=O)Nc2cccc(-c3ccc(=O)[nH]n3)c2)n1-c1ccc(F)cc1. The number of hydrogen-bond acceptors (Lipinski definition) is 5. The van der Waals surface area contributed by atoms with E-state index in [1.165, 1.54) is 36.2 Å². The molecule has 0 saturated carbocycles. The largest absolute Gasteiger partial charge is 0.321 e. The Morgan fingerprint density at radius 1 is 1.13 bits per heavy atom. The van der Waals surface area contributed by atoms with Crippen molar-refractivity contribution < 1.29 is 9.18 Å². The van der Waals surface area contributed by atoms with Crippen molar-refractivity contribution in [3.05, 3.63) is 88.7 Å². The van der Waals surface area contributed by atoms with E-state index in [-0.39, 0.29) is 17.3 Å². The molecule has 0 fully saturated rings. The van der Waals surface area contributed by atoms with Crippen LogP contribution in [0, 0.1) is 5.82 Å². The third-order valence-corrected chi connectivity index (χ3v) is 4.98. The van der Waals surface area contributed by atoms with E-state index in [4.69, 9.17) is 0 Å². The molecule has 1 amide bonds. The van der Waals surface area contributed by atoms with Crippen LogP contribution in [-0.4, -0.2) is 31.9 Å². The number of thioether (sulfide) groups is 1. The molecule has 0 radical (unpaired) electrons. The molecule has 0 aliphatic heterocycles. The van der Waals surface area contributed by atoms with E-state index in [1.54, 1.807) is 41.0 Å². The minimum absolute atomic E-state index is 0.290. The monoisotopic (exact) mass is 421 g/mol. The van der Waals surface area contributed by atoms with E-state index < -0.39 is 0 Å². The molecule has 7 nitrogen and oxygen atoms in total. The highest BCUT2D eigenvalue weighted by Crippen LogP contribution is 2.24. The summed E-state index contributed by atoms with van der Waals surface area (Å²) >= 11 is 1.38. The van der Waals surface area contributed by atoms with E-state index in [9.17, 15) is 14.0 Å². The lowest BCUT2D eigenvalue weighted by Gasteiger charge is -2.12. The molecule has 4 aromatic rings. The molecule has 0 atom stereocenters. The average Bonchev–Trinajstić information content (AvgIpc) is 3.19. The highest BCUT2D eigenvalue weighted by Gasteiger charge is 2.18. The number of H-pyrrole nitrogens is 1. The standard InChI is InChI=1S/C21H16FN5O2S/c1-30-21-23-12-18(27(21)16-7-5-14(22)6-8-16)20(29)24-15-4-2-3-13(11-15)17-9-10-19(28)26-25-17/h2-12H,1H3,(H,24,29)(H,26,28). The summed E-state index contributed by atoms with van der Waals surface area (Å²) in [4.78, 5) is 28.5. The van der Waals surface area contributed by atoms with Gasteiger partial charge in [-0.05, 0) is 48.7 Å². The average molecular weight is 421 g/mol. The Morgan fingerprint density at radius 3 is 2.63 bits per heavy atom. The van der Waals surface area contributed by atoms with Crippen LogP contribution < -0.4 is 10.9 Å². The molecule has 150 valence electrons. The molecule has 0 spiro atoms. The number of hydrogen-bond donors (Lipinski definition) is 2. The number of rotatable bonds is 5. The third kappa shape index (κ3) is 4.01. The molecular formula is C21H16FN5O2S. The number of carbonyl (C=O) groups excluding carboxylic acids is 1. The lowest BCUT2D eigenvalue weighted by Crippen LogP contribution is -2.16. The van der Waals surface area contributed by atoms with Gasteiger partial charge in [-0.15, -0.1) is 0 Å². The number of aromatic amines is 1. The van der Waals surface area contributed by atoms with Gasteiger partial charge in [-0.1, -0.05) is 23.9 Å². The van der Waals surface area contributed by atoms with Crippen LogP contribution in [0.15, 0.2) is 76.8 Å². The van der Waals surface area contributed by atoms with Crippen LogP contribution in [0.25, 0.3) is 16.9 Å². The second-order valence-corrected chi connectivity index (χ2v) is 7.06. The van der Waals surface area contributed by atoms with E-state index >= 15 is 0 Å². The molecular weight excluding hydrogens is 405 g/mol. The minimum Gasteiger partial charge on any atom is -0.321 e. The normalized spacial score (nSPS) is 10.7. The predicted molar refractivity (Wildman–Crippen MR) is 114 cm³/mol. The topological polar surface area (TPSA) is 92.7 Å². The lowest BCUT2D eigenvalue weighted by molar-refractivity contribution is 0.102. The lowest BCUT2D eigenvalue weighted by atomic mass is 10.1. The van der Waals surface area contributed by atoms with Crippen molar-refractivity contribution in [1.29, 1.82) is 0 Å². The van der Waals surface area contributed by atoms with Crippen LogP contribution in [0.3, 0.4) is 0 Å². The number of amides is 1. The fourth-order valence-electron chi connectivity index (χ4n) is 2.94. The molecule has 0 saturated heterocycles. The minimum atomic E-state index is -0.362. The molecule has 0 bridgehead atoms. The van der Waals surface area contributed by atoms with Gasteiger partial charge in [0.1, 0.15) is 11.5 Å². The smallest absolute Gasteiger partial charge is 0.274 e. The van der Waals surface area contributed by atoms with Gasteiger partial charge < -0.3 is 5.32 Å². The molecule has 4 rings (SSSR count). The van der Waals surface area contributed by atoms with Gasteiger partial charge in [0.2, 0.25) is 0 Å². The van der Waals surface area contributed by atoms with Crippen LogP contribution in [0.5, 0.6) is 0 Å². The zero-order valence-electron chi connectivity index (χ0n) is 15.8. The van der Waals surface area contributed by atoms with Crippen molar-refractivity contribution in [2.24, 2.45) is 0 Å². The first kappa shape index (κ1) is 19.6. The highest BCUT2D eigenvalue weighted by atomic mass is 32.2. The number of halogens is 1. The van der Waals surface area contributed by atoms with Crippen molar-refractivity contribution in [2.75, 3.05) is 11.6 Å². The Labute approximate surface area is 175 Å². The molecule has 2 aromatic heterocycles. The molecule has 30 heavy (non-hydrogen) atoms. The van der Waals surface area contributed by atoms with Crippen LogP contribution >= 0.6 is 11.8 Å². The van der Waals surface area contributed by atoms with Gasteiger partial charge in [-0.3, -0.25) is 14.2 Å². The molecule has 9 heteroatoms. The van der Waals surface area contributed by atoms with E-state index in [0.29, 0.717) is 27.9 Å². The molecule has 0 aliphatic rings. The summed E-state index contributed by atoms with van der Waals surface area (Å²) in [7, 11) is 0. The maximum atomic E-state index is 13.3. The number of aromatic nitrogens is 4.